The number of amides is 1. The van der Waals surface area contributed by atoms with Gasteiger partial charge in [-0.1, -0.05) is 24.3 Å². The molecule has 0 saturated carbocycles. The highest BCUT2D eigenvalue weighted by molar-refractivity contribution is 7.11. The summed E-state index contributed by atoms with van der Waals surface area (Å²) in [6, 6.07) is 11.3. The molecule has 1 N–H and O–H groups in total. The monoisotopic (exact) mass is 382 g/mol. The lowest BCUT2D eigenvalue weighted by Crippen LogP contribution is -2.52. The first kappa shape index (κ1) is 18.4. The summed E-state index contributed by atoms with van der Waals surface area (Å²) in [6.45, 7) is 3.56. The van der Waals surface area contributed by atoms with E-state index in [4.69, 9.17) is 5.11 Å². The number of aliphatic hydroxyl groups excluding tert-OH is 1. The van der Waals surface area contributed by atoms with Crippen LogP contribution in [0.15, 0.2) is 41.8 Å². The molecule has 1 saturated heterocycles. The Labute approximate surface area is 164 Å². The maximum atomic E-state index is 12.5. The van der Waals surface area contributed by atoms with Crippen molar-refractivity contribution < 1.29 is 9.90 Å². The number of hydrogen-bond acceptors (Lipinski definition) is 4. The number of nitrogens with zero attached hydrogens (tertiary/aromatic N) is 2. The highest BCUT2D eigenvalue weighted by atomic mass is 32.1. The first-order valence-corrected chi connectivity index (χ1v) is 10.6. The Morgan fingerprint density at radius 1 is 1.19 bits per heavy atom. The Bertz CT molecular complexity index is 821. The Morgan fingerprint density at radius 2 is 1.96 bits per heavy atom. The van der Waals surface area contributed by atoms with Crippen LogP contribution in [0.4, 0.5) is 0 Å². The Morgan fingerprint density at radius 3 is 2.70 bits per heavy atom. The Kier molecular flexibility index (Phi) is 5.72. The second kappa shape index (κ2) is 8.38. The highest BCUT2D eigenvalue weighted by Crippen LogP contribution is 2.25. The quantitative estimate of drug-likeness (QED) is 0.827. The average molecular weight is 383 g/mol. The SMILES string of the molecule is O=C(C=Cc1cc(CO)cs1)N1CCN(C2CCc3ccccc3C2)CC1. The number of aryl methyl sites for hydroxylation is 1. The lowest BCUT2D eigenvalue weighted by atomic mass is 9.87. The first-order valence-electron chi connectivity index (χ1n) is 9.69. The molecule has 5 heteroatoms. The molecule has 2 aromatic rings. The largest absolute Gasteiger partial charge is 0.392 e. The van der Waals surface area contributed by atoms with E-state index in [0.29, 0.717) is 6.04 Å². The van der Waals surface area contributed by atoms with Gasteiger partial charge < -0.3 is 10.0 Å². The normalized spacial score (nSPS) is 20.8. The van der Waals surface area contributed by atoms with Crippen molar-refractivity contribution in [1.29, 1.82) is 0 Å². The number of piperazine rings is 1. The zero-order valence-electron chi connectivity index (χ0n) is 15.5. The molecule has 1 amide bonds. The molecule has 1 unspecified atom stereocenters. The van der Waals surface area contributed by atoms with E-state index in [9.17, 15) is 4.79 Å². The van der Waals surface area contributed by atoms with E-state index in [0.717, 1.165) is 43.0 Å². The minimum Gasteiger partial charge on any atom is -0.392 e. The van der Waals surface area contributed by atoms with E-state index >= 15 is 0 Å². The maximum Gasteiger partial charge on any atom is 0.246 e. The molecule has 0 spiro atoms. The van der Waals surface area contributed by atoms with Crippen molar-refractivity contribution in [3.05, 3.63) is 63.4 Å². The molecule has 1 aliphatic heterocycles. The van der Waals surface area contributed by atoms with Crippen LogP contribution in [0.2, 0.25) is 0 Å². The van der Waals surface area contributed by atoms with Gasteiger partial charge >= 0.3 is 0 Å². The number of rotatable bonds is 4. The van der Waals surface area contributed by atoms with Gasteiger partial charge in [-0.15, -0.1) is 11.3 Å². The standard InChI is InChI=1S/C22H26N2O2S/c25-15-17-13-21(27-16-17)7-8-22(26)24-11-9-23(10-12-24)20-6-5-18-3-1-2-4-19(18)14-20/h1-4,7-8,13,16,20,25H,5-6,9-12,14-15H2. The second-order valence-electron chi connectivity index (χ2n) is 7.38. The van der Waals surface area contributed by atoms with Crippen molar-refractivity contribution >= 4 is 23.3 Å². The van der Waals surface area contributed by atoms with Crippen LogP contribution in [0, 0.1) is 0 Å². The van der Waals surface area contributed by atoms with Gasteiger partial charge in [0.1, 0.15) is 0 Å². The zero-order valence-corrected chi connectivity index (χ0v) is 16.3. The summed E-state index contributed by atoms with van der Waals surface area (Å²) in [6.07, 6.45) is 7.04. The van der Waals surface area contributed by atoms with Gasteiger partial charge in [0.15, 0.2) is 0 Å². The van der Waals surface area contributed by atoms with E-state index in [2.05, 4.69) is 29.2 Å². The second-order valence-corrected chi connectivity index (χ2v) is 8.32. The molecule has 1 aromatic heterocycles. The Balaban J connectivity index is 1.29. The van der Waals surface area contributed by atoms with Gasteiger partial charge in [-0.05, 0) is 53.5 Å². The lowest BCUT2D eigenvalue weighted by molar-refractivity contribution is -0.128. The van der Waals surface area contributed by atoms with Crippen molar-refractivity contribution in [3.8, 4) is 0 Å². The van der Waals surface area contributed by atoms with Crippen molar-refractivity contribution in [2.75, 3.05) is 26.2 Å². The van der Waals surface area contributed by atoms with E-state index in [-0.39, 0.29) is 12.5 Å². The van der Waals surface area contributed by atoms with Crippen molar-refractivity contribution in [1.82, 2.24) is 9.80 Å². The molecule has 1 fully saturated rings. The van der Waals surface area contributed by atoms with Gasteiger partial charge in [0.05, 0.1) is 6.61 Å². The molecule has 1 aliphatic carbocycles. The Hall–Kier alpha value is -1.95. The number of carbonyl (C=O) groups is 1. The predicted molar refractivity (Wildman–Crippen MR) is 110 cm³/mol. The molecule has 2 heterocycles. The summed E-state index contributed by atoms with van der Waals surface area (Å²) in [5.41, 5.74) is 3.90. The third-order valence-corrected chi connectivity index (χ3v) is 6.66. The topological polar surface area (TPSA) is 43.8 Å². The summed E-state index contributed by atoms with van der Waals surface area (Å²) in [5, 5.41) is 11.0. The van der Waals surface area contributed by atoms with Crippen LogP contribution in [0.1, 0.15) is 28.0 Å². The van der Waals surface area contributed by atoms with Gasteiger partial charge in [-0.3, -0.25) is 9.69 Å². The molecule has 0 radical (unpaired) electrons. The lowest BCUT2D eigenvalue weighted by Gasteiger charge is -2.40. The van der Waals surface area contributed by atoms with Crippen LogP contribution >= 0.6 is 11.3 Å². The van der Waals surface area contributed by atoms with Crippen molar-refractivity contribution in [2.45, 2.75) is 31.9 Å². The summed E-state index contributed by atoms with van der Waals surface area (Å²) in [4.78, 5) is 18.0. The summed E-state index contributed by atoms with van der Waals surface area (Å²) >= 11 is 1.55. The number of benzene rings is 1. The number of fused-ring (bicyclic) bond motifs is 1. The van der Waals surface area contributed by atoms with Crippen LogP contribution < -0.4 is 0 Å². The summed E-state index contributed by atoms with van der Waals surface area (Å²) < 4.78 is 0. The third-order valence-electron chi connectivity index (χ3n) is 5.71. The van der Waals surface area contributed by atoms with Crippen LogP contribution in [0.5, 0.6) is 0 Å². The number of hydrogen-bond donors (Lipinski definition) is 1. The van der Waals surface area contributed by atoms with E-state index in [1.165, 1.54) is 24.0 Å². The third kappa shape index (κ3) is 4.32. The van der Waals surface area contributed by atoms with Crippen molar-refractivity contribution in [3.63, 3.8) is 0 Å². The minimum atomic E-state index is 0.0475. The average Bonchev–Trinajstić information content (AvgIpc) is 3.20. The number of aliphatic hydroxyl groups is 1. The fourth-order valence-electron chi connectivity index (χ4n) is 4.12. The van der Waals surface area contributed by atoms with Gasteiger partial charge in [0, 0.05) is 43.2 Å². The molecule has 142 valence electrons. The smallest absolute Gasteiger partial charge is 0.246 e. The van der Waals surface area contributed by atoms with E-state index < -0.39 is 0 Å². The maximum absolute atomic E-state index is 12.5. The minimum absolute atomic E-state index is 0.0475. The van der Waals surface area contributed by atoms with Crippen LogP contribution in [0.3, 0.4) is 0 Å². The molecule has 4 nitrogen and oxygen atoms in total. The summed E-state index contributed by atoms with van der Waals surface area (Å²) in [7, 11) is 0. The van der Waals surface area contributed by atoms with Crippen molar-refractivity contribution in [2.24, 2.45) is 0 Å². The first-order chi connectivity index (χ1) is 13.2. The van der Waals surface area contributed by atoms with E-state index in [1.54, 1.807) is 17.4 Å². The highest BCUT2D eigenvalue weighted by Gasteiger charge is 2.28. The van der Waals surface area contributed by atoms with Gasteiger partial charge in [0.2, 0.25) is 5.91 Å². The van der Waals surface area contributed by atoms with Gasteiger partial charge in [0.25, 0.3) is 0 Å². The summed E-state index contributed by atoms with van der Waals surface area (Å²) in [5.74, 6) is 0.0857. The van der Waals surface area contributed by atoms with Gasteiger partial charge in [-0.25, -0.2) is 0 Å². The van der Waals surface area contributed by atoms with E-state index in [1.807, 2.05) is 22.4 Å². The zero-order chi connectivity index (χ0) is 18.6. The predicted octanol–water partition coefficient (Wildman–Crippen LogP) is 2.96. The molecular formula is C22H26N2O2S. The van der Waals surface area contributed by atoms with Gasteiger partial charge in [-0.2, -0.15) is 0 Å². The van der Waals surface area contributed by atoms with Crippen LogP contribution in [-0.4, -0.2) is 53.0 Å². The molecule has 1 aromatic carbocycles. The molecule has 27 heavy (non-hydrogen) atoms. The molecule has 0 bridgehead atoms. The molecule has 1 atom stereocenters. The fraction of sp³-hybridized carbons (Fsp3) is 0.409. The number of carbonyl (C=O) groups excluding carboxylic acids is 1. The molecule has 2 aliphatic rings. The van der Waals surface area contributed by atoms with Crippen LogP contribution in [0.25, 0.3) is 6.08 Å². The fourth-order valence-corrected chi connectivity index (χ4v) is 4.92. The molecule has 4 rings (SSSR count). The van der Waals surface area contributed by atoms with Crippen LogP contribution in [-0.2, 0) is 24.2 Å². The molecular weight excluding hydrogens is 356 g/mol. The number of thiophene rings is 1.